The molecule has 0 radical (unpaired) electrons. The van der Waals surface area contributed by atoms with E-state index >= 15 is 0 Å². The molecular weight excluding hydrogens is 372 g/mol. The molecule has 7 heteroatoms. The third-order valence-corrected chi connectivity index (χ3v) is 7.34. The van der Waals surface area contributed by atoms with Gasteiger partial charge in [0, 0.05) is 24.3 Å². The van der Waals surface area contributed by atoms with Crippen LogP contribution in [0.5, 0.6) is 0 Å². The number of oxime groups is 1. The van der Waals surface area contributed by atoms with Gasteiger partial charge in [-0.05, 0) is 31.6 Å². The Bertz CT molecular complexity index is 672. The van der Waals surface area contributed by atoms with Gasteiger partial charge in [0.25, 0.3) is 0 Å². The molecule has 1 saturated heterocycles. The normalized spacial score (nSPS) is 39.8. The fourth-order valence-electron chi connectivity index (χ4n) is 5.97. The van der Waals surface area contributed by atoms with Crippen LogP contribution in [0.3, 0.4) is 0 Å². The van der Waals surface area contributed by atoms with Crippen LogP contribution in [0.4, 0.5) is 0 Å². The minimum atomic E-state index is -1.01. The van der Waals surface area contributed by atoms with E-state index in [0.717, 1.165) is 37.8 Å². The van der Waals surface area contributed by atoms with Gasteiger partial charge < -0.3 is 15.1 Å². The number of carbonyl (C=O) groups excluding carboxylic acids is 2. The zero-order valence-electron chi connectivity index (χ0n) is 17.5. The quantitative estimate of drug-likeness (QED) is 0.550. The second-order valence-electron chi connectivity index (χ2n) is 9.77. The summed E-state index contributed by atoms with van der Waals surface area (Å²) in [7, 11) is 0. The molecule has 1 aliphatic heterocycles. The summed E-state index contributed by atoms with van der Waals surface area (Å²) in [4.78, 5) is 33.6. The molecule has 4 fully saturated rings. The summed E-state index contributed by atoms with van der Waals surface area (Å²) in [5, 5.41) is 25.6. The van der Waals surface area contributed by atoms with Crippen LogP contribution < -0.4 is 0 Å². The summed E-state index contributed by atoms with van der Waals surface area (Å²) < 4.78 is 0. The van der Waals surface area contributed by atoms with Gasteiger partial charge in [0.05, 0.1) is 29.8 Å². The molecule has 6 atom stereocenters. The van der Waals surface area contributed by atoms with E-state index in [1.54, 1.807) is 0 Å². The van der Waals surface area contributed by atoms with Gasteiger partial charge in [0.15, 0.2) is 0 Å². The van der Waals surface area contributed by atoms with Crippen molar-refractivity contribution in [2.45, 2.75) is 83.5 Å². The molecule has 0 aromatic carbocycles. The maximum atomic E-state index is 13.4. The molecule has 4 rings (SSSR count). The number of hydrogen-bond acceptors (Lipinski definition) is 6. The SMILES string of the molecule is CC(C)CON=C1C[C@@H](O)[C@@H](O)[C@@H]2[C@H]3C(=O)N(C4CCCCC4)C(=O)[C@@H]3CC[C@H]12. The summed E-state index contributed by atoms with van der Waals surface area (Å²) in [5.74, 6) is -1.38. The van der Waals surface area contributed by atoms with Gasteiger partial charge in [-0.15, -0.1) is 0 Å². The summed E-state index contributed by atoms with van der Waals surface area (Å²) in [5.41, 5.74) is 0.725. The number of likely N-dealkylation sites (tertiary alicyclic amines) is 1. The van der Waals surface area contributed by atoms with E-state index in [1.807, 2.05) is 13.8 Å². The fraction of sp³-hybridized carbons (Fsp3) is 0.864. The van der Waals surface area contributed by atoms with Crippen LogP contribution in [0, 0.1) is 29.6 Å². The minimum absolute atomic E-state index is 0.000898. The standard InChI is InChI=1S/C22H34N2O5/c1-12(2)11-29-23-16-10-17(25)20(26)18-14(16)8-9-15-19(18)22(28)24(21(15)27)13-6-4-3-5-7-13/h12-15,17-20,25-26H,3-11H2,1-2H3/t14-,15-,17-,18+,19+,20-/m1/s1. The van der Waals surface area contributed by atoms with Crippen LogP contribution in [0.15, 0.2) is 5.16 Å². The van der Waals surface area contributed by atoms with E-state index in [0.29, 0.717) is 25.4 Å². The van der Waals surface area contributed by atoms with Crippen molar-refractivity contribution in [3.05, 3.63) is 0 Å². The van der Waals surface area contributed by atoms with Crippen molar-refractivity contribution in [2.75, 3.05) is 6.61 Å². The van der Waals surface area contributed by atoms with Crippen molar-refractivity contribution in [3.8, 4) is 0 Å². The van der Waals surface area contributed by atoms with Crippen LogP contribution >= 0.6 is 0 Å². The predicted octanol–water partition coefficient (Wildman–Crippen LogP) is 2.10. The number of aliphatic hydroxyl groups excluding tert-OH is 2. The Labute approximate surface area is 172 Å². The van der Waals surface area contributed by atoms with Crippen LogP contribution in [0.25, 0.3) is 0 Å². The summed E-state index contributed by atoms with van der Waals surface area (Å²) in [6.45, 7) is 4.56. The molecule has 162 valence electrons. The Balaban J connectivity index is 1.59. The number of fused-ring (bicyclic) bond motifs is 3. The first-order chi connectivity index (χ1) is 13.9. The zero-order valence-corrected chi connectivity index (χ0v) is 17.5. The minimum Gasteiger partial charge on any atom is -0.396 e. The highest BCUT2D eigenvalue weighted by Gasteiger charge is 2.60. The fourth-order valence-corrected chi connectivity index (χ4v) is 5.97. The summed E-state index contributed by atoms with van der Waals surface area (Å²) >= 11 is 0. The van der Waals surface area contributed by atoms with Crippen LogP contribution in [0.1, 0.15) is 65.2 Å². The molecule has 0 aromatic rings. The average molecular weight is 407 g/mol. The molecule has 1 heterocycles. The zero-order chi connectivity index (χ0) is 20.7. The van der Waals surface area contributed by atoms with Crippen LogP contribution in [-0.2, 0) is 14.4 Å². The lowest BCUT2D eigenvalue weighted by atomic mass is 9.60. The first kappa shape index (κ1) is 20.8. The highest BCUT2D eigenvalue weighted by molar-refractivity contribution is 6.06. The van der Waals surface area contributed by atoms with Gasteiger partial charge in [-0.1, -0.05) is 38.3 Å². The molecule has 0 spiro atoms. The van der Waals surface area contributed by atoms with Crippen molar-refractivity contribution in [1.29, 1.82) is 0 Å². The first-order valence-electron chi connectivity index (χ1n) is 11.3. The Kier molecular flexibility index (Phi) is 5.98. The lowest BCUT2D eigenvalue weighted by Gasteiger charge is -2.45. The number of aliphatic hydroxyl groups is 2. The van der Waals surface area contributed by atoms with Gasteiger partial charge in [0.2, 0.25) is 11.8 Å². The van der Waals surface area contributed by atoms with E-state index in [2.05, 4.69) is 5.16 Å². The summed E-state index contributed by atoms with van der Waals surface area (Å²) in [6.07, 6.45) is 4.60. The van der Waals surface area contributed by atoms with Crippen LogP contribution in [-0.4, -0.2) is 57.5 Å². The molecule has 29 heavy (non-hydrogen) atoms. The Hall–Kier alpha value is -1.47. The van der Waals surface area contributed by atoms with Crippen molar-refractivity contribution >= 4 is 17.5 Å². The van der Waals surface area contributed by atoms with Gasteiger partial charge in [0.1, 0.15) is 6.61 Å². The van der Waals surface area contributed by atoms with Gasteiger partial charge in [-0.2, -0.15) is 0 Å². The lowest BCUT2D eigenvalue weighted by molar-refractivity contribution is -0.145. The number of nitrogens with zero attached hydrogens (tertiary/aromatic N) is 2. The van der Waals surface area contributed by atoms with E-state index < -0.39 is 24.0 Å². The molecule has 2 amide bonds. The van der Waals surface area contributed by atoms with Gasteiger partial charge in [-0.25, -0.2) is 0 Å². The smallest absolute Gasteiger partial charge is 0.233 e. The second kappa shape index (κ2) is 8.34. The number of imide groups is 1. The third kappa shape index (κ3) is 3.72. The van der Waals surface area contributed by atoms with Crippen molar-refractivity contribution in [3.63, 3.8) is 0 Å². The molecule has 3 saturated carbocycles. The maximum absolute atomic E-state index is 13.4. The molecule has 0 aromatic heterocycles. The largest absolute Gasteiger partial charge is 0.396 e. The maximum Gasteiger partial charge on any atom is 0.233 e. The second-order valence-corrected chi connectivity index (χ2v) is 9.77. The Morgan fingerprint density at radius 3 is 2.41 bits per heavy atom. The molecule has 7 nitrogen and oxygen atoms in total. The molecule has 4 aliphatic rings. The molecule has 2 N–H and O–H groups in total. The average Bonchev–Trinajstić information content (AvgIpc) is 2.96. The molecule has 0 bridgehead atoms. The highest BCUT2D eigenvalue weighted by Crippen LogP contribution is 2.50. The van der Waals surface area contributed by atoms with Crippen LogP contribution in [0.2, 0.25) is 0 Å². The molecular formula is C22H34N2O5. The number of amides is 2. The Morgan fingerprint density at radius 1 is 1.03 bits per heavy atom. The van der Waals surface area contributed by atoms with Gasteiger partial charge in [-0.3, -0.25) is 14.5 Å². The van der Waals surface area contributed by atoms with E-state index in [1.165, 1.54) is 4.90 Å². The highest BCUT2D eigenvalue weighted by atomic mass is 16.6. The lowest BCUT2D eigenvalue weighted by Crippen LogP contribution is -2.54. The number of carbonyl (C=O) groups is 2. The summed E-state index contributed by atoms with van der Waals surface area (Å²) in [6, 6.07) is 0.000898. The number of hydrogen-bond donors (Lipinski definition) is 2. The van der Waals surface area contributed by atoms with E-state index in [9.17, 15) is 19.8 Å². The molecule has 0 unspecified atom stereocenters. The van der Waals surface area contributed by atoms with E-state index in [4.69, 9.17) is 4.84 Å². The monoisotopic (exact) mass is 406 g/mol. The van der Waals surface area contributed by atoms with E-state index in [-0.39, 0.29) is 36.1 Å². The van der Waals surface area contributed by atoms with Crippen molar-refractivity contribution < 1.29 is 24.6 Å². The van der Waals surface area contributed by atoms with Gasteiger partial charge >= 0.3 is 0 Å². The first-order valence-corrected chi connectivity index (χ1v) is 11.3. The number of rotatable bonds is 4. The predicted molar refractivity (Wildman–Crippen MR) is 107 cm³/mol. The third-order valence-electron chi connectivity index (χ3n) is 7.34. The van der Waals surface area contributed by atoms with Crippen molar-refractivity contribution in [2.24, 2.45) is 34.7 Å². The topological polar surface area (TPSA) is 99.4 Å². The van der Waals surface area contributed by atoms with Crippen molar-refractivity contribution in [1.82, 2.24) is 4.90 Å². The Morgan fingerprint density at radius 2 is 1.72 bits per heavy atom. The molecule has 3 aliphatic carbocycles.